The van der Waals surface area contributed by atoms with Gasteiger partial charge >= 0.3 is 0 Å². The summed E-state index contributed by atoms with van der Waals surface area (Å²) in [5.41, 5.74) is 3.19. The Bertz CT molecular complexity index is 1110. The van der Waals surface area contributed by atoms with Gasteiger partial charge in [-0.3, -0.25) is 4.79 Å². The van der Waals surface area contributed by atoms with Gasteiger partial charge in [-0.25, -0.2) is 4.68 Å². The molecule has 3 aromatic rings. The molecular formula is C24H31N5O4S. The van der Waals surface area contributed by atoms with Gasteiger partial charge in [0.15, 0.2) is 17.3 Å². The van der Waals surface area contributed by atoms with Crippen molar-refractivity contribution in [3.05, 3.63) is 58.9 Å². The fraction of sp³-hybridized carbons (Fsp3) is 0.375. The highest BCUT2D eigenvalue weighted by Gasteiger charge is 2.17. The van der Waals surface area contributed by atoms with Crippen molar-refractivity contribution in [2.75, 3.05) is 32.4 Å². The van der Waals surface area contributed by atoms with Crippen LogP contribution in [0, 0.1) is 13.8 Å². The number of rotatable bonds is 11. The second-order valence-corrected chi connectivity index (χ2v) is 8.71. The minimum absolute atomic E-state index is 0.0293. The molecule has 0 aliphatic carbocycles. The molecule has 9 nitrogen and oxygen atoms in total. The van der Waals surface area contributed by atoms with Crippen LogP contribution >= 0.6 is 11.8 Å². The zero-order valence-electron chi connectivity index (χ0n) is 20.2. The molecule has 0 unspecified atom stereocenters. The molecule has 1 aromatic heterocycles. The Hall–Kier alpha value is -3.40. The van der Waals surface area contributed by atoms with Crippen LogP contribution in [0.1, 0.15) is 29.4 Å². The Labute approximate surface area is 204 Å². The lowest BCUT2D eigenvalue weighted by Gasteiger charge is -2.21. The molecule has 0 radical (unpaired) electrons. The summed E-state index contributed by atoms with van der Waals surface area (Å²) >= 11 is 1.24. The second-order valence-electron chi connectivity index (χ2n) is 7.77. The molecule has 2 aromatic carbocycles. The maximum absolute atomic E-state index is 12.8. The predicted molar refractivity (Wildman–Crippen MR) is 132 cm³/mol. The van der Waals surface area contributed by atoms with Crippen LogP contribution in [-0.2, 0) is 17.9 Å². The summed E-state index contributed by atoms with van der Waals surface area (Å²) in [5, 5.41) is 8.68. The molecule has 0 saturated carbocycles. The summed E-state index contributed by atoms with van der Waals surface area (Å²) in [5.74, 6) is 8.81. The predicted octanol–water partition coefficient (Wildman–Crippen LogP) is 3.35. The summed E-state index contributed by atoms with van der Waals surface area (Å²) in [7, 11) is 3.18. The lowest BCUT2D eigenvalue weighted by atomic mass is 10.1. The lowest BCUT2D eigenvalue weighted by molar-refractivity contribution is -0.128. The first-order chi connectivity index (χ1) is 16.3. The molecule has 34 heavy (non-hydrogen) atoms. The normalized spacial score (nSPS) is 10.7. The molecule has 182 valence electrons. The van der Waals surface area contributed by atoms with Gasteiger partial charge in [0, 0.05) is 13.1 Å². The number of nitrogens with zero attached hydrogens (tertiary/aromatic N) is 4. The van der Waals surface area contributed by atoms with Crippen LogP contribution in [-0.4, -0.2) is 52.2 Å². The van der Waals surface area contributed by atoms with E-state index in [9.17, 15) is 4.79 Å². The number of nitrogens with two attached hydrogens (primary N) is 1. The first kappa shape index (κ1) is 25.2. The van der Waals surface area contributed by atoms with Gasteiger partial charge in [0.05, 0.1) is 20.0 Å². The van der Waals surface area contributed by atoms with Gasteiger partial charge in [-0.2, -0.15) is 0 Å². The smallest absolute Gasteiger partial charge is 0.233 e. The number of hydrogen-bond acceptors (Lipinski definition) is 8. The molecule has 1 heterocycles. The third-order valence-electron chi connectivity index (χ3n) is 5.18. The molecule has 0 atom stereocenters. The van der Waals surface area contributed by atoms with Crippen molar-refractivity contribution in [2.45, 2.75) is 39.1 Å². The van der Waals surface area contributed by atoms with Crippen molar-refractivity contribution in [3.63, 3.8) is 0 Å². The van der Waals surface area contributed by atoms with E-state index in [0.717, 1.165) is 22.4 Å². The van der Waals surface area contributed by atoms with E-state index in [1.807, 2.05) is 51.1 Å². The average molecular weight is 486 g/mol. The number of aromatic nitrogens is 3. The van der Waals surface area contributed by atoms with E-state index in [1.165, 1.54) is 16.4 Å². The minimum atomic E-state index is -0.0293. The van der Waals surface area contributed by atoms with Crippen LogP contribution in [0.4, 0.5) is 0 Å². The summed E-state index contributed by atoms with van der Waals surface area (Å²) < 4.78 is 17.8. The van der Waals surface area contributed by atoms with Gasteiger partial charge in [-0.05, 0) is 61.7 Å². The van der Waals surface area contributed by atoms with E-state index in [-0.39, 0.29) is 18.3 Å². The van der Waals surface area contributed by atoms with Gasteiger partial charge < -0.3 is 25.0 Å². The molecular weight excluding hydrogens is 454 g/mol. The van der Waals surface area contributed by atoms with Crippen molar-refractivity contribution < 1.29 is 19.0 Å². The van der Waals surface area contributed by atoms with Crippen molar-refractivity contribution in [1.29, 1.82) is 0 Å². The summed E-state index contributed by atoms with van der Waals surface area (Å²) in [4.78, 5) is 14.6. The van der Waals surface area contributed by atoms with E-state index in [0.29, 0.717) is 35.6 Å². The largest absolute Gasteiger partial charge is 0.493 e. The third-order valence-corrected chi connectivity index (χ3v) is 6.11. The van der Waals surface area contributed by atoms with Gasteiger partial charge in [0.1, 0.15) is 12.4 Å². The first-order valence-corrected chi connectivity index (χ1v) is 11.8. The summed E-state index contributed by atoms with van der Waals surface area (Å²) in [6, 6.07) is 11.6. The number of aryl methyl sites for hydroxylation is 2. The Morgan fingerprint density at radius 3 is 2.41 bits per heavy atom. The number of amides is 1. The van der Waals surface area contributed by atoms with E-state index >= 15 is 0 Å². The van der Waals surface area contributed by atoms with Gasteiger partial charge in [0.2, 0.25) is 11.1 Å². The fourth-order valence-electron chi connectivity index (χ4n) is 3.46. The zero-order chi connectivity index (χ0) is 24.7. The highest BCUT2D eigenvalue weighted by atomic mass is 32.2. The Kier molecular flexibility index (Phi) is 8.64. The van der Waals surface area contributed by atoms with Crippen molar-refractivity contribution >= 4 is 17.7 Å². The maximum Gasteiger partial charge on any atom is 0.233 e. The van der Waals surface area contributed by atoms with Crippen LogP contribution in [0.3, 0.4) is 0 Å². The molecule has 0 fully saturated rings. The maximum atomic E-state index is 12.8. The summed E-state index contributed by atoms with van der Waals surface area (Å²) in [6.07, 6.45) is 0. The Morgan fingerprint density at radius 1 is 1.06 bits per heavy atom. The van der Waals surface area contributed by atoms with E-state index < -0.39 is 0 Å². The quantitative estimate of drug-likeness (QED) is 0.326. The number of carbonyl (C=O) groups is 1. The highest BCUT2D eigenvalue weighted by molar-refractivity contribution is 7.99. The Morgan fingerprint density at radius 2 is 1.76 bits per heavy atom. The number of nitrogen functional groups attached to an aromatic ring is 1. The van der Waals surface area contributed by atoms with Crippen molar-refractivity contribution in [1.82, 2.24) is 19.8 Å². The molecule has 0 aliphatic rings. The third kappa shape index (κ3) is 6.34. The molecule has 2 N–H and O–H groups in total. The number of thioether (sulfide) groups is 1. The van der Waals surface area contributed by atoms with E-state index in [2.05, 4.69) is 16.3 Å². The highest BCUT2D eigenvalue weighted by Crippen LogP contribution is 2.28. The van der Waals surface area contributed by atoms with Gasteiger partial charge in [-0.1, -0.05) is 23.9 Å². The van der Waals surface area contributed by atoms with E-state index in [4.69, 9.17) is 20.1 Å². The number of hydrogen-bond donors (Lipinski definition) is 1. The van der Waals surface area contributed by atoms with Crippen molar-refractivity contribution in [2.24, 2.45) is 0 Å². The SMILES string of the molecule is CCN(Cc1ccc(OC)c(OC)c1)C(=O)CSc1nnc(COc2cc(C)cc(C)c2)n1N. The molecule has 1 amide bonds. The molecule has 3 rings (SSSR count). The molecule has 0 bridgehead atoms. The molecule has 10 heteroatoms. The number of carbonyl (C=O) groups excluding carboxylic acids is 1. The second kappa shape index (κ2) is 11.6. The Balaban J connectivity index is 1.57. The molecule has 0 spiro atoms. The van der Waals surface area contributed by atoms with Crippen LogP contribution in [0.5, 0.6) is 17.2 Å². The minimum Gasteiger partial charge on any atom is -0.493 e. The van der Waals surface area contributed by atoms with Crippen LogP contribution in [0.2, 0.25) is 0 Å². The standard InChI is InChI=1S/C24H31N5O4S/c1-6-28(13-18-7-8-20(31-4)21(12-18)32-5)23(30)15-34-24-27-26-22(29(24)25)14-33-19-10-16(2)9-17(3)11-19/h7-12H,6,13-15,25H2,1-5H3. The van der Waals surface area contributed by atoms with Crippen molar-refractivity contribution in [3.8, 4) is 17.2 Å². The number of methoxy groups -OCH3 is 2. The lowest BCUT2D eigenvalue weighted by Crippen LogP contribution is -2.32. The average Bonchev–Trinajstić information content (AvgIpc) is 3.17. The van der Waals surface area contributed by atoms with Crippen LogP contribution in [0.15, 0.2) is 41.6 Å². The topological polar surface area (TPSA) is 105 Å². The van der Waals surface area contributed by atoms with Crippen LogP contribution < -0.4 is 20.1 Å². The van der Waals surface area contributed by atoms with E-state index in [1.54, 1.807) is 19.1 Å². The molecule has 0 saturated heterocycles. The van der Waals surface area contributed by atoms with Gasteiger partial charge in [-0.15, -0.1) is 10.2 Å². The number of ether oxygens (including phenoxy) is 3. The monoisotopic (exact) mass is 485 g/mol. The van der Waals surface area contributed by atoms with Crippen LogP contribution in [0.25, 0.3) is 0 Å². The summed E-state index contributed by atoms with van der Waals surface area (Å²) in [6.45, 7) is 7.18. The fourth-order valence-corrected chi connectivity index (χ4v) is 4.24. The number of benzene rings is 2. The van der Waals surface area contributed by atoms with Gasteiger partial charge in [0.25, 0.3) is 0 Å². The first-order valence-electron chi connectivity index (χ1n) is 10.9. The molecule has 0 aliphatic heterocycles. The zero-order valence-corrected chi connectivity index (χ0v) is 21.0.